The normalized spacial score (nSPS) is 12.5. The molecule has 37 heavy (non-hydrogen) atoms. The highest BCUT2D eigenvalue weighted by molar-refractivity contribution is 6.30. The second-order valence-corrected chi connectivity index (χ2v) is 11.9. The lowest BCUT2D eigenvalue weighted by Crippen LogP contribution is -2.31. The van der Waals surface area contributed by atoms with Crippen LogP contribution in [0.15, 0.2) is 24.3 Å². The van der Waals surface area contributed by atoms with Crippen LogP contribution < -0.4 is 0 Å². The van der Waals surface area contributed by atoms with Crippen LogP contribution in [-0.2, 0) is 0 Å². The molecule has 0 aliphatic carbocycles. The summed E-state index contributed by atoms with van der Waals surface area (Å²) in [5.41, 5.74) is 0.979. The highest BCUT2D eigenvalue weighted by Gasteiger charge is 2.13. The molecule has 0 amide bonds. The van der Waals surface area contributed by atoms with E-state index < -0.39 is 6.10 Å². The molecule has 1 rings (SSSR count). The van der Waals surface area contributed by atoms with Crippen LogP contribution in [0.3, 0.4) is 0 Å². The summed E-state index contributed by atoms with van der Waals surface area (Å²) in [5.74, 6) is 0. The van der Waals surface area contributed by atoms with Crippen molar-refractivity contribution >= 4 is 11.6 Å². The van der Waals surface area contributed by atoms with Gasteiger partial charge < -0.3 is 10.0 Å². The van der Waals surface area contributed by atoms with E-state index in [-0.39, 0.29) is 0 Å². The first-order chi connectivity index (χ1) is 18.2. The largest absolute Gasteiger partial charge is 0.387 e. The van der Waals surface area contributed by atoms with Gasteiger partial charge in [-0.15, -0.1) is 0 Å². The first kappa shape index (κ1) is 34.5. The van der Waals surface area contributed by atoms with Gasteiger partial charge in [-0.05, 0) is 43.6 Å². The Morgan fingerprint density at radius 2 is 0.865 bits per heavy atom. The number of halogens is 1. The molecule has 216 valence electrons. The summed E-state index contributed by atoms with van der Waals surface area (Å²) in [4.78, 5) is 2.51. The standard InChI is InChI=1S/C34H62ClNO/c1-3-5-7-9-11-13-15-17-19-21-23-29-36(31-34(37)32-25-27-33(35)28-26-32)30-24-22-20-18-16-14-12-10-8-6-4-2/h25-28,34,37H,3-24,29-31H2,1-2H3/t34-/m0/s1. The maximum Gasteiger partial charge on any atom is 0.0916 e. The van der Waals surface area contributed by atoms with Crippen molar-refractivity contribution < 1.29 is 5.11 Å². The Bertz CT molecular complexity index is 564. The van der Waals surface area contributed by atoms with Gasteiger partial charge in [0.25, 0.3) is 0 Å². The number of hydrogen-bond acceptors (Lipinski definition) is 2. The van der Waals surface area contributed by atoms with Crippen molar-refractivity contribution in [1.82, 2.24) is 4.90 Å². The van der Waals surface area contributed by atoms with E-state index in [0.717, 1.165) is 30.2 Å². The Kier molecular flexibility index (Phi) is 23.9. The van der Waals surface area contributed by atoms with Crippen LogP contribution in [0.5, 0.6) is 0 Å². The smallest absolute Gasteiger partial charge is 0.0916 e. The van der Waals surface area contributed by atoms with Crippen molar-refractivity contribution in [2.75, 3.05) is 19.6 Å². The van der Waals surface area contributed by atoms with E-state index in [2.05, 4.69) is 18.7 Å². The zero-order valence-corrected chi connectivity index (χ0v) is 25.6. The molecule has 0 unspecified atom stereocenters. The zero-order chi connectivity index (χ0) is 26.8. The third-order valence-corrected chi connectivity index (χ3v) is 8.09. The SMILES string of the molecule is CCCCCCCCCCCCCN(CCCCCCCCCCCCC)C[C@H](O)c1ccc(Cl)cc1. The van der Waals surface area contributed by atoms with Crippen LogP contribution in [0.4, 0.5) is 0 Å². The molecule has 2 nitrogen and oxygen atoms in total. The third kappa shape index (κ3) is 21.0. The minimum Gasteiger partial charge on any atom is -0.387 e. The van der Waals surface area contributed by atoms with Crippen molar-refractivity contribution in [2.45, 2.75) is 161 Å². The van der Waals surface area contributed by atoms with Gasteiger partial charge >= 0.3 is 0 Å². The fraction of sp³-hybridized carbons (Fsp3) is 0.824. The Labute approximate surface area is 237 Å². The van der Waals surface area contributed by atoms with Crippen molar-refractivity contribution in [3.8, 4) is 0 Å². The second kappa shape index (κ2) is 25.7. The van der Waals surface area contributed by atoms with Crippen LogP contribution in [-0.4, -0.2) is 29.6 Å². The summed E-state index contributed by atoms with van der Waals surface area (Å²) in [6.45, 7) is 7.53. The van der Waals surface area contributed by atoms with E-state index in [4.69, 9.17) is 11.6 Å². The van der Waals surface area contributed by atoms with E-state index in [0.29, 0.717) is 0 Å². The van der Waals surface area contributed by atoms with Crippen molar-refractivity contribution in [2.24, 2.45) is 0 Å². The number of rotatable bonds is 27. The zero-order valence-electron chi connectivity index (χ0n) is 24.8. The predicted molar refractivity (Wildman–Crippen MR) is 166 cm³/mol. The number of benzene rings is 1. The molecule has 0 spiro atoms. The van der Waals surface area contributed by atoms with Gasteiger partial charge in [0.05, 0.1) is 6.10 Å². The average molecular weight is 536 g/mol. The summed E-state index contributed by atoms with van der Waals surface area (Å²) < 4.78 is 0. The molecule has 1 atom stereocenters. The Morgan fingerprint density at radius 1 is 0.541 bits per heavy atom. The van der Waals surface area contributed by atoms with E-state index in [1.165, 1.54) is 141 Å². The van der Waals surface area contributed by atoms with Crippen LogP contribution in [0.2, 0.25) is 5.02 Å². The lowest BCUT2D eigenvalue weighted by Gasteiger charge is -2.25. The van der Waals surface area contributed by atoms with Crippen molar-refractivity contribution in [3.63, 3.8) is 0 Å². The maximum atomic E-state index is 10.9. The van der Waals surface area contributed by atoms with Crippen LogP contribution >= 0.6 is 11.6 Å². The quantitative estimate of drug-likeness (QED) is 0.113. The molecular weight excluding hydrogens is 474 g/mol. The number of unbranched alkanes of at least 4 members (excludes halogenated alkanes) is 20. The van der Waals surface area contributed by atoms with Crippen LogP contribution in [0.1, 0.15) is 167 Å². The van der Waals surface area contributed by atoms with E-state index in [9.17, 15) is 5.11 Å². The minimum absolute atomic E-state index is 0.433. The first-order valence-electron chi connectivity index (χ1n) is 16.3. The van der Waals surface area contributed by atoms with Gasteiger partial charge in [-0.1, -0.05) is 166 Å². The molecular formula is C34H62ClNO. The fourth-order valence-corrected chi connectivity index (χ4v) is 5.45. The van der Waals surface area contributed by atoms with Gasteiger partial charge in [0, 0.05) is 11.6 Å². The molecule has 3 heteroatoms. The topological polar surface area (TPSA) is 23.5 Å². The molecule has 0 aromatic heterocycles. The summed E-state index contributed by atoms with van der Waals surface area (Å²) in [6, 6.07) is 7.71. The molecule has 1 aromatic rings. The maximum absolute atomic E-state index is 10.9. The van der Waals surface area contributed by atoms with E-state index in [1.54, 1.807) is 0 Å². The summed E-state index contributed by atoms with van der Waals surface area (Å²) >= 11 is 6.05. The van der Waals surface area contributed by atoms with Gasteiger partial charge in [-0.25, -0.2) is 0 Å². The molecule has 0 fully saturated rings. The molecule has 0 heterocycles. The minimum atomic E-state index is -0.433. The second-order valence-electron chi connectivity index (χ2n) is 11.4. The highest BCUT2D eigenvalue weighted by atomic mass is 35.5. The van der Waals surface area contributed by atoms with Gasteiger partial charge in [0.2, 0.25) is 0 Å². The Hall–Kier alpha value is -0.570. The monoisotopic (exact) mass is 535 g/mol. The third-order valence-electron chi connectivity index (χ3n) is 7.84. The van der Waals surface area contributed by atoms with Gasteiger partial charge in [-0.3, -0.25) is 0 Å². The predicted octanol–water partition coefficient (Wildman–Crippen LogP) is 11.3. The van der Waals surface area contributed by atoms with E-state index in [1.807, 2.05) is 24.3 Å². The lowest BCUT2D eigenvalue weighted by atomic mass is 10.0. The van der Waals surface area contributed by atoms with Crippen molar-refractivity contribution in [3.05, 3.63) is 34.9 Å². The first-order valence-corrected chi connectivity index (χ1v) is 16.7. The Balaban J connectivity index is 2.22. The van der Waals surface area contributed by atoms with Crippen molar-refractivity contribution in [1.29, 1.82) is 0 Å². The number of nitrogens with zero attached hydrogens (tertiary/aromatic N) is 1. The lowest BCUT2D eigenvalue weighted by molar-refractivity contribution is 0.110. The number of aliphatic hydroxyl groups excluding tert-OH is 1. The summed E-state index contributed by atoms with van der Waals surface area (Å²) in [6.07, 6.45) is 29.9. The summed E-state index contributed by atoms with van der Waals surface area (Å²) in [7, 11) is 0. The number of aliphatic hydroxyl groups is 1. The number of hydrogen-bond donors (Lipinski definition) is 1. The molecule has 0 aliphatic heterocycles. The van der Waals surface area contributed by atoms with Gasteiger partial charge in [0.1, 0.15) is 0 Å². The Morgan fingerprint density at radius 3 is 1.22 bits per heavy atom. The van der Waals surface area contributed by atoms with Gasteiger partial charge in [-0.2, -0.15) is 0 Å². The highest BCUT2D eigenvalue weighted by Crippen LogP contribution is 2.19. The van der Waals surface area contributed by atoms with Gasteiger partial charge in [0.15, 0.2) is 0 Å². The molecule has 0 saturated carbocycles. The van der Waals surface area contributed by atoms with E-state index >= 15 is 0 Å². The summed E-state index contributed by atoms with van der Waals surface area (Å²) in [5, 5.41) is 11.6. The van der Waals surface area contributed by atoms with Crippen LogP contribution in [0.25, 0.3) is 0 Å². The molecule has 0 bridgehead atoms. The average Bonchev–Trinajstić information content (AvgIpc) is 2.90. The van der Waals surface area contributed by atoms with Crippen LogP contribution in [0, 0.1) is 0 Å². The molecule has 0 saturated heterocycles. The fourth-order valence-electron chi connectivity index (χ4n) is 5.33. The molecule has 1 aromatic carbocycles. The molecule has 1 N–H and O–H groups in total. The molecule has 0 radical (unpaired) electrons. The molecule has 0 aliphatic rings.